The summed E-state index contributed by atoms with van der Waals surface area (Å²) in [6, 6.07) is 5.91. The van der Waals surface area contributed by atoms with Crippen LogP contribution in [-0.2, 0) is 6.54 Å². The highest BCUT2D eigenvalue weighted by Crippen LogP contribution is 2.18. The lowest BCUT2D eigenvalue weighted by atomic mass is 10.2. The normalized spacial score (nSPS) is 10.8. The predicted octanol–water partition coefficient (Wildman–Crippen LogP) is 2.30. The van der Waals surface area contributed by atoms with Crippen LogP contribution >= 0.6 is 11.7 Å². The van der Waals surface area contributed by atoms with E-state index in [9.17, 15) is 4.39 Å². The van der Waals surface area contributed by atoms with Crippen molar-refractivity contribution < 1.29 is 4.39 Å². The van der Waals surface area contributed by atoms with E-state index in [1.54, 1.807) is 7.05 Å². The van der Waals surface area contributed by atoms with Gasteiger partial charge in [0.05, 0.1) is 17.9 Å². The van der Waals surface area contributed by atoms with Gasteiger partial charge < -0.3 is 10.2 Å². The largest absolute Gasteiger partial charge is 0.371 e. The van der Waals surface area contributed by atoms with Gasteiger partial charge in [-0.05, 0) is 17.7 Å². The van der Waals surface area contributed by atoms with Crippen molar-refractivity contribution in [3.8, 4) is 0 Å². The van der Waals surface area contributed by atoms with Crippen LogP contribution in [0.15, 0.2) is 24.4 Å². The number of hydrogen-bond donors (Lipinski definition) is 1. The lowest BCUT2D eigenvalue weighted by molar-refractivity contribution is 0.617. The minimum absolute atomic E-state index is 0.186. The van der Waals surface area contributed by atoms with E-state index in [1.165, 1.54) is 11.7 Å². The Morgan fingerprint density at radius 2 is 2.10 bits per heavy atom. The van der Waals surface area contributed by atoms with Crippen LogP contribution in [0, 0.1) is 5.82 Å². The molecule has 3 aromatic rings. The van der Waals surface area contributed by atoms with Crippen LogP contribution in [0.5, 0.6) is 0 Å². The van der Waals surface area contributed by atoms with Crippen molar-refractivity contribution in [2.75, 3.05) is 24.3 Å². The number of fused-ring (bicyclic) bond motifs is 1. The van der Waals surface area contributed by atoms with Gasteiger partial charge in [-0.3, -0.25) is 0 Å². The van der Waals surface area contributed by atoms with E-state index in [-0.39, 0.29) is 5.82 Å². The molecule has 0 bridgehead atoms. The maximum Gasteiger partial charge on any atom is 0.227 e. The molecule has 21 heavy (non-hydrogen) atoms. The predicted molar refractivity (Wildman–Crippen MR) is 81.1 cm³/mol. The number of hydrogen-bond acceptors (Lipinski definition) is 7. The van der Waals surface area contributed by atoms with Gasteiger partial charge in [-0.15, -0.1) is 0 Å². The third-order valence-electron chi connectivity index (χ3n) is 3.05. The van der Waals surface area contributed by atoms with Gasteiger partial charge >= 0.3 is 0 Å². The lowest BCUT2D eigenvalue weighted by Crippen LogP contribution is -2.19. The summed E-state index contributed by atoms with van der Waals surface area (Å²) < 4.78 is 21.8. The van der Waals surface area contributed by atoms with Gasteiger partial charge in [-0.2, -0.15) is 13.7 Å². The molecule has 0 amide bonds. The second-order valence-electron chi connectivity index (χ2n) is 4.56. The van der Waals surface area contributed by atoms with Crippen LogP contribution in [0.4, 0.5) is 16.2 Å². The zero-order valence-corrected chi connectivity index (χ0v) is 12.4. The lowest BCUT2D eigenvalue weighted by Gasteiger charge is -2.17. The molecule has 0 atom stereocenters. The van der Waals surface area contributed by atoms with Crippen molar-refractivity contribution in [1.82, 2.24) is 18.7 Å². The molecule has 0 aliphatic rings. The van der Waals surface area contributed by atoms with Crippen LogP contribution in [0.25, 0.3) is 11.0 Å². The summed E-state index contributed by atoms with van der Waals surface area (Å²) in [5.74, 6) is 0.174. The molecule has 0 fully saturated rings. The molecule has 1 N–H and O–H groups in total. The molecule has 1 aromatic carbocycles. The third kappa shape index (κ3) is 2.75. The Morgan fingerprint density at radius 1 is 1.29 bits per heavy atom. The maximum atomic E-state index is 13.4. The third-order valence-corrected chi connectivity index (χ3v) is 3.60. The van der Waals surface area contributed by atoms with Crippen molar-refractivity contribution in [1.29, 1.82) is 0 Å². The summed E-state index contributed by atoms with van der Waals surface area (Å²) in [4.78, 5) is 10.00. The molecule has 6 nitrogen and oxygen atoms in total. The highest BCUT2D eigenvalue weighted by atomic mass is 32.1. The molecular weight excluding hydrogens is 291 g/mol. The van der Waals surface area contributed by atoms with Gasteiger partial charge in [0, 0.05) is 20.6 Å². The Morgan fingerprint density at radius 3 is 2.90 bits per heavy atom. The van der Waals surface area contributed by atoms with Gasteiger partial charge in [0.2, 0.25) is 5.95 Å². The van der Waals surface area contributed by atoms with E-state index in [2.05, 4.69) is 24.0 Å². The molecule has 0 radical (unpaired) electrons. The molecule has 2 heterocycles. The number of nitrogens with one attached hydrogen (secondary N) is 1. The highest BCUT2D eigenvalue weighted by molar-refractivity contribution is 7.00. The fraction of sp³-hybridized carbons (Fsp3) is 0.231. The van der Waals surface area contributed by atoms with Crippen molar-refractivity contribution in [2.24, 2.45) is 0 Å². The van der Waals surface area contributed by atoms with E-state index < -0.39 is 5.82 Å². The average molecular weight is 304 g/mol. The Kier molecular flexibility index (Phi) is 3.61. The average Bonchev–Trinajstić information content (AvgIpc) is 2.95. The molecule has 0 saturated heterocycles. The molecule has 2 aromatic heterocycles. The van der Waals surface area contributed by atoms with Crippen LogP contribution in [0.2, 0.25) is 0 Å². The van der Waals surface area contributed by atoms with Crippen molar-refractivity contribution in [2.45, 2.75) is 6.54 Å². The molecule has 3 rings (SSSR count). The summed E-state index contributed by atoms with van der Waals surface area (Å²) in [7, 11) is 3.48. The number of anilines is 2. The first-order valence-electron chi connectivity index (χ1n) is 6.30. The second kappa shape index (κ2) is 5.57. The van der Waals surface area contributed by atoms with Crippen molar-refractivity contribution >= 4 is 34.5 Å². The Labute approximate surface area is 125 Å². The number of nitrogens with zero attached hydrogens (tertiary/aromatic N) is 5. The quantitative estimate of drug-likeness (QED) is 0.798. The van der Waals surface area contributed by atoms with Crippen LogP contribution in [0.1, 0.15) is 5.56 Å². The van der Waals surface area contributed by atoms with Crippen LogP contribution < -0.4 is 10.2 Å². The second-order valence-corrected chi connectivity index (χ2v) is 5.09. The first-order valence-corrected chi connectivity index (χ1v) is 7.03. The Hall–Kier alpha value is -2.35. The van der Waals surface area contributed by atoms with Gasteiger partial charge in [0.15, 0.2) is 11.6 Å². The minimum atomic E-state index is -0.468. The van der Waals surface area contributed by atoms with Gasteiger partial charge in [-0.25, -0.2) is 9.37 Å². The summed E-state index contributed by atoms with van der Waals surface area (Å²) in [6.07, 6.45) is 1.16. The summed E-state index contributed by atoms with van der Waals surface area (Å²) in [5.41, 5.74) is 2.83. The minimum Gasteiger partial charge on any atom is -0.371 e. The topological polar surface area (TPSA) is 66.8 Å². The summed E-state index contributed by atoms with van der Waals surface area (Å²) in [6.45, 7) is 0.599. The van der Waals surface area contributed by atoms with Crippen LogP contribution in [-0.4, -0.2) is 32.8 Å². The molecule has 108 valence electrons. The van der Waals surface area contributed by atoms with Crippen LogP contribution in [0.3, 0.4) is 0 Å². The van der Waals surface area contributed by atoms with E-state index >= 15 is 0 Å². The molecule has 0 spiro atoms. The first kappa shape index (κ1) is 13.6. The first-order chi connectivity index (χ1) is 10.2. The molecule has 0 aliphatic carbocycles. The highest BCUT2D eigenvalue weighted by Gasteiger charge is 2.10. The zero-order chi connectivity index (χ0) is 14.8. The summed E-state index contributed by atoms with van der Waals surface area (Å²) in [5, 5.41) is 2.71. The fourth-order valence-electron chi connectivity index (χ4n) is 1.99. The smallest absolute Gasteiger partial charge is 0.227 e. The van der Waals surface area contributed by atoms with Gasteiger partial charge in [0.1, 0.15) is 11.0 Å². The van der Waals surface area contributed by atoms with E-state index in [0.717, 1.165) is 22.8 Å². The number of aromatic nitrogens is 4. The monoisotopic (exact) mass is 304 g/mol. The van der Waals surface area contributed by atoms with Gasteiger partial charge in [0.25, 0.3) is 0 Å². The SMILES string of the molecule is CNc1nc(N(C)Cc2ccc3nsnc3c2)ncc1F. The Bertz CT molecular complexity index is 774. The number of benzene rings is 1. The molecule has 0 aliphatic heterocycles. The van der Waals surface area contributed by atoms with E-state index in [4.69, 9.17) is 0 Å². The van der Waals surface area contributed by atoms with E-state index in [1.807, 2.05) is 30.1 Å². The number of rotatable bonds is 4. The molecule has 0 unspecified atom stereocenters. The van der Waals surface area contributed by atoms with Gasteiger partial charge in [-0.1, -0.05) is 6.07 Å². The molecule has 8 heteroatoms. The molecular formula is C13H13FN6S. The fourth-order valence-corrected chi connectivity index (χ4v) is 2.51. The van der Waals surface area contributed by atoms with E-state index in [0.29, 0.717) is 12.5 Å². The molecule has 0 saturated carbocycles. The summed E-state index contributed by atoms with van der Waals surface area (Å²) >= 11 is 1.20. The number of halogens is 1. The van der Waals surface area contributed by atoms with Crippen molar-refractivity contribution in [3.63, 3.8) is 0 Å². The zero-order valence-electron chi connectivity index (χ0n) is 11.5. The Balaban J connectivity index is 1.83. The maximum absolute atomic E-state index is 13.4. The standard InChI is InChI=1S/C13H13FN6S/c1-15-12-9(14)6-16-13(17-12)20(2)7-8-3-4-10-11(5-8)19-21-18-10/h3-6H,7H2,1-2H3,(H,15,16,17). The van der Waals surface area contributed by atoms with Crippen molar-refractivity contribution in [3.05, 3.63) is 35.8 Å².